The predicted octanol–water partition coefficient (Wildman–Crippen LogP) is 7.71. The van der Waals surface area contributed by atoms with Crippen molar-refractivity contribution in [1.29, 1.82) is 0 Å². The molecule has 0 spiro atoms. The van der Waals surface area contributed by atoms with Crippen LogP contribution >= 0.6 is 68.1 Å². The Morgan fingerprint density at radius 3 is 2.45 bits per heavy atom. The van der Waals surface area contributed by atoms with Crippen molar-refractivity contribution in [3.8, 4) is 11.5 Å². The molecule has 1 N–H and O–H groups in total. The predicted molar refractivity (Wildman–Crippen MR) is 204 cm³/mol. The monoisotopic (exact) mass is 887 g/mol. The molecule has 7 nitrogen and oxygen atoms in total. The molecule has 238 valence electrons. The Morgan fingerprint density at radius 2 is 1.74 bits per heavy atom. The third-order valence-corrected chi connectivity index (χ3v) is 10.1. The van der Waals surface area contributed by atoms with Crippen LogP contribution in [0, 0.1) is 7.14 Å². The molecule has 5 aromatic rings. The normalized spacial score (nSPS) is 14.4. The molecule has 1 aliphatic heterocycles. The summed E-state index contributed by atoms with van der Waals surface area (Å²) in [7, 11) is 0. The number of fused-ring (bicyclic) bond motifs is 1. The van der Waals surface area contributed by atoms with Crippen LogP contribution in [0.25, 0.3) is 6.08 Å². The Bertz CT molecular complexity index is 2160. The number of nitrogens with zero attached hydrogens (tertiary/aromatic N) is 2. The minimum atomic E-state index is -0.704. The van der Waals surface area contributed by atoms with Crippen LogP contribution in [0.15, 0.2) is 112 Å². The number of thiazole rings is 1. The fraction of sp³-hybridized carbons (Fsp3) is 0.139. The van der Waals surface area contributed by atoms with E-state index in [9.17, 15) is 9.59 Å². The first kappa shape index (κ1) is 33.4. The number of carbonyl (C=O) groups is 1. The zero-order chi connectivity index (χ0) is 33.1. The van der Waals surface area contributed by atoms with Gasteiger partial charge in [-0.1, -0.05) is 65.4 Å². The highest BCUT2D eigenvalue weighted by Crippen LogP contribution is 2.33. The average molecular weight is 888 g/mol. The number of allylic oxidation sites excluding steroid dienone is 1. The number of aromatic nitrogens is 1. The van der Waals surface area contributed by atoms with E-state index in [0.29, 0.717) is 56.0 Å². The van der Waals surface area contributed by atoms with E-state index in [-0.39, 0.29) is 11.5 Å². The summed E-state index contributed by atoms with van der Waals surface area (Å²) in [5.41, 5.74) is 3.86. The number of benzene rings is 4. The number of anilines is 1. The summed E-state index contributed by atoms with van der Waals surface area (Å²) in [6.07, 6.45) is 1.85. The summed E-state index contributed by atoms with van der Waals surface area (Å²) in [6.45, 7) is 4.60. The topological polar surface area (TPSA) is 81.9 Å². The van der Waals surface area contributed by atoms with Gasteiger partial charge in [-0.2, -0.15) is 0 Å². The number of amides is 1. The van der Waals surface area contributed by atoms with Gasteiger partial charge in [-0.05, 0) is 125 Å². The molecule has 11 heteroatoms. The van der Waals surface area contributed by atoms with E-state index in [1.165, 1.54) is 11.3 Å². The highest BCUT2D eigenvalue weighted by molar-refractivity contribution is 14.1. The Kier molecular flexibility index (Phi) is 10.5. The van der Waals surface area contributed by atoms with Gasteiger partial charge in [0.1, 0.15) is 18.1 Å². The number of hydrogen-bond acceptors (Lipinski definition) is 6. The van der Waals surface area contributed by atoms with Crippen molar-refractivity contribution in [2.75, 3.05) is 11.9 Å². The molecule has 0 fully saturated rings. The van der Waals surface area contributed by atoms with Gasteiger partial charge in [-0.3, -0.25) is 14.2 Å². The molecule has 1 aliphatic rings. The van der Waals surface area contributed by atoms with Crippen LogP contribution in [-0.4, -0.2) is 17.1 Å². The summed E-state index contributed by atoms with van der Waals surface area (Å²) in [5.74, 6) is 1.06. The largest absolute Gasteiger partial charge is 0.494 e. The second-order valence-electron chi connectivity index (χ2n) is 10.6. The molecule has 0 bridgehead atoms. The summed E-state index contributed by atoms with van der Waals surface area (Å²) in [6, 6.07) is 27.6. The second kappa shape index (κ2) is 14.8. The molecule has 0 radical (unpaired) electrons. The van der Waals surface area contributed by atoms with E-state index < -0.39 is 6.04 Å². The van der Waals surface area contributed by atoms with E-state index in [0.717, 1.165) is 23.8 Å². The molecule has 4 aromatic carbocycles. The molecule has 47 heavy (non-hydrogen) atoms. The summed E-state index contributed by atoms with van der Waals surface area (Å²) in [5, 5.41) is 3.65. The lowest BCUT2D eigenvalue weighted by Gasteiger charge is -2.25. The van der Waals surface area contributed by atoms with Crippen molar-refractivity contribution in [3.05, 3.63) is 151 Å². The fourth-order valence-electron chi connectivity index (χ4n) is 5.28. The van der Waals surface area contributed by atoms with Crippen molar-refractivity contribution in [2.45, 2.75) is 26.5 Å². The fourth-order valence-corrected chi connectivity index (χ4v) is 8.49. The molecule has 2 heterocycles. The van der Waals surface area contributed by atoms with Crippen LogP contribution in [-0.2, 0) is 11.4 Å². The van der Waals surface area contributed by atoms with Crippen molar-refractivity contribution < 1.29 is 14.3 Å². The van der Waals surface area contributed by atoms with Gasteiger partial charge in [0, 0.05) is 19.8 Å². The van der Waals surface area contributed by atoms with Gasteiger partial charge in [-0.15, -0.1) is 0 Å². The van der Waals surface area contributed by atoms with Crippen molar-refractivity contribution in [2.24, 2.45) is 4.99 Å². The van der Waals surface area contributed by atoms with Gasteiger partial charge >= 0.3 is 0 Å². The van der Waals surface area contributed by atoms with Crippen LogP contribution < -0.4 is 29.7 Å². The minimum Gasteiger partial charge on any atom is -0.494 e. The number of hydrogen-bond donors (Lipinski definition) is 1. The van der Waals surface area contributed by atoms with Crippen molar-refractivity contribution >= 4 is 85.8 Å². The lowest BCUT2D eigenvalue weighted by Crippen LogP contribution is -2.40. The van der Waals surface area contributed by atoms with E-state index in [2.05, 4.69) is 50.5 Å². The maximum Gasteiger partial charge on any atom is 0.271 e. The Balaban J connectivity index is 1.45. The van der Waals surface area contributed by atoms with E-state index in [4.69, 9.17) is 26.1 Å². The first-order valence-corrected chi connectivity index (χ1v) is 18.0. The maximum absolute atomic E-state index is 14.3. The number of nitrogens with one attached hydrogen (secondary N) is 1. The number of halogens is 3. The maximum atomic E-state index is 14.3. The van der Waals surface area contributed by atoms with Crippen molar-refractivity contribution in [1.82, 2.24) is 4.57 Å². The Hall–Kier alpha value is -3.46. The molecule has 0 saturated carbocycles. The Labute approximate surface area is 307 Å². The zero-order valence-corrected chi connectivity index (χ0v) is 31.2. The lowest BCUT2D eigenvalue weighted by molar-refractivity contribution is -0.113. The Morgan fingerprint density at radius 1 is 1.02 bits per heavy atom. The molecule has 1 atom stereocenters. The lowest BCUT2D eigenvalue weighted by atomic mass is 9.95. The minimum absolute atomic E-state index is 0.248. The third kappa shape index (κ3) is 7.50. The van der Waals surface area contributed by atoms with Gasteiger partial charge in [0.2, 0.25) is 0 Å². The summed E-state index contributed by atoms with van der Waals surface area (Å²) >= 11 is 11.9. The SMILES string of the molecule is CCOc1ccc([C@@H]2C(C(=O)Nc3ccccc3)=C(C)N=c3s/c(=C\c4cc(I)cc(I)c4OCc4ccc(Cl)cc4)c(=O)n32)cc1. The molecule has 0 unspecified atom stereocenters. The average Bonchev–Trinajstić information content (AvgIpc) is 3.35. The van der Waals surface area contributed by atoms with E-state index >= 15 is 0 Å². The third-order valence-electron chi connectivity index (χ3n) is 7.42. The molecule has 0 aliphatic carbocycles. The molecule has 1 aromatic heterocycles. The van der Waals surface area contributed by atoms with Gasteiger partial charge in [0.15, 0.2) is 4.80 Å². The van der Waals surface area contributed by atoms with Gasteiger partial charge < -0.3 is 14.8 Å². The van der Waals surface area contributed by atoms with Crippen LogP contribution in [0.3, 0.4) is 0 Å². The van der Waals surface area contributed by atoms with Gasteiger partial charge in [0.05, 0.1) is 32.0 Å². The second-order valence-corrected chi connectivity index (χ2v) is 14.5. The standard InChI is InChI=1S/C36H28ClI2N3O4S/c1-3-45-28-15-11-23(12-16-28)32-31(34(43)41-27-7-5-4-6-8-27)21(2)40-36-42(32)35(44)30(47-36)18-24-17-26(38)19-29(39)33(24)46-20-22-9-13-25(37)14-10-22/h4-19,32H,3,20H2,1-2H3,(H,41,43)/b30-18-/t32-/m1/s1. The highest BCUT2D eigenvalue weighted by Gasteiger charge is 2.32. The smallest absolute Gasteiger partial charge is 0.271 e. The molecular weight excluding hydrogens is 860 g/mol. The van der Waals surface area contributed by atoms with Crippen LogP contribution in [0.5, 0.6) is 11.5 Å². The molecule has 1 amide bonds. The highest BCUT2D eigenvalue weighted by atomic mass is 127. The zero-order valence-electron chi connectivity index (χ0n) is 25.3. The first-order valence-electron chi connectivity index (χ1n) is 14.7. The molecular formula is C36H28ClI2N3O4S. The number of ether oxygens (including phenoxy) is 2. The van der Waals surface area contributed by atoms with E-state index in [1.807, 2.05) is 111 Å². The number of rotatable bonds is 9. The van der Waals surface area contributed by atoms with Gasteiger partial charge in [0.25, 0.3) is 11.5 Å². The number of carbonyl (C=O) groups excluding carboxylic acids is 1. The molecule has 0 saturated heterocycles. The number of para-hydroxylation sites is 1. The van der Waals surface area contributed by atoms with E-state index in [1.54, 1.807) is 4.57 Å². The van der Waals surface area contributed by atoms with Crippen LogP contribution in [0.4, 0.5) is 5.69 Å². The summed E-state index contributed by atoms with van der Waals surface area (Å²) < 4.78 is 16.0. The quantitative estimate of drug-likeness (QED) is 0.154. The van der Waals surface area contributed by atoms with Gasteiger partial charge in [-0.25, -0.2) is 4.99 Å². The van der Waals surface area contributed by atoms with Crippen LogP contribution in [0.2, 0.25) is 5.02 Å². The summed E-state index contributed by atoms with van der Waals surface area (Å²) in [4.78, 5) is 33.5. The van der Waals surface area contributed by atoms with Crippen molar-refractivity contribution in [3.63, 3.8) is 0 Å². The van der Waals surface area contributed by atoms with Crippen LogP contribution in [0.1, 0.15) is 36.6 Å². The first-order chi connectivity index (χ1) is 22.7. The molecule has 6 rings (SSSR count).